The molecule has 0 aromatic heterocycles. The molecule has 104 valence electrons. The Morgan fingerprint density at radius 1 is 1.32 bits per heavy atom. The van der Waals surface area contributed by atoms with E-state index >= 15 is 0 Å². The van der Waals surface area contributed by atoms with E-state index in [1.54, 1.807) is 0 Å². The van der Waals surface area contributed by atoms with Gasteiger partial charge in [0.15, 0.2) is 0 Å². The fourth-order valence-electron chi connectivity index (χ4n) is 2.56. The second-order valence-electron chi connectivity index (χ2n) is 5.15. The number of esters is 1. The lowest BCUT2D eigenvalue weighted by atomic mass is 9.76. The molecule has 0 radical (unpaired) electrons. The Balaban J connectivity index is 1.66. The van der Waals surface area contributed by atoms with Gasteiger partial charge in [0.1, 0.15) is 0 Å². The summed E-state index contributed by atoms with van der Waals surface area (Å²) in [4.78, 5) is 11.3. The normalized spacial score (nSPS) is 21.7. The Hall–Kier alpha value is -1.35. The maximum atomic E-state index is 11.3. The van der Waals surface area contributed by atoms with Gasteiger partial charge >= 0.3 is 5.97 Å². The van der Waals surface area contributed by atoms with Crippen molar-refractivity contribution in [2.45, 2.75) is 45.2 Å². The van der Waals surface area contributed by atoms with Gasteiger partial charge in [-0.25, -0.2) is 0 Å². The summed E-state index contributed by atoms with van der Waals surface area (Å²) >= 11 is 0. The monoisotopic (exact) mass is 261 g/mol. The summed E-state index contributed by atoms with van der Waals surface area (Å²) in [5.41, 5.74) is 1.32. The third kappa shape index (κ3) is 4.35. The summed E-state index contributed by atoms with van der Waals surface area (Å²) in [7, 11) is 0. The van der Waals surface area contributed by atoms with Crippen LogP contribution in [0.2, 0.25) is 0 Å². The van der Waals surface area contributed by atoms with Crippen molar-refractivity contribution in [1.29, 1.82) is 0 Å². The fraction of sp³-hybridized carbons (Fsp3) is 0.562. The van der Waals surface area contributed by atoms with Gasteiger partial charge in [0.25, 0.3) is 0 Å². The van der Waals surface area contributed by atoms with Crippen molar-refractivity contribution < 1.29 is 9.53 Å². The zero-order chi connectivity index (χ0) is 13.5. The fourth-order valence-corrected chi connectivity index (χ4v) is 2.56. The quantitative estimate of drug-likeness (QED) is 0.767. The number of hydrogen-bond donors (Lipinski definition) is 1. The molecule has 1 aromatic rings. The van der Waals surface area contributed by atoms with E-state index in [0.717, 1.165) is 13.0 Å². The molecule has 1 N–H and O–H groups in total. The molecule has 0 heterocycles. The highest BCUT2D eigenvalue weighted by molar-refractivity contribution is 5.69. The van der Waals surface area contributed by atoms with Crippen molar-refractivity contribution in [1.82, 2.24) is 5.32 Å². The van der Waals surface area contributed by atoms with Crippen molar-refractivity contribution in [3.8, 4) is 0 Å². The molecule has 2 atom stereocenters. The van der Waals surface area contributed by atoms with Gasteiger partial charge in [-0.3, -0.25) is 4.79 Å². The Kier molecular flexibility index (Phi) is 5.40. The summed E-state index contributed by atoms with van der Waals surface area (Å²) < 4.78 is 4.97. The minimum absolute atomic E-state index is 0.0591. The van der Waals surface area contributed by atoms with Gasteiger partial charge in [0, 0.05) is 19.0 Å². The number of carbonyl (C=O) groups is 1. The summed E-state index contributed by atoms with van der Waals surface area (Å²) in [6.45, 7) is 3.26. The molecule has 1 saturated carbocycles. The van der Waals surface area contributed by atoms with Crippen LogP contribution in [0.1, 0.15) is 38.2 Å². The summed E-state index contributed by atoms with van der Waals surface area (Å²) in [6.07, 6.45) is 3.96. The van der Waals surface area contributed by atoms with Crippen LogP contribution in [0.4, 0.5) is 0 Å². The number of carbonyl (C=O) groups excluding carboxylic acids is 1. The molecule has 0 amide bonds. The minimum Gasteiger partial charge on any atom is -0.466 e. The Morgan fingerprint density at radius 2 is 2.11 bits per heavy atom. The van der Waals surface area contributed by atoms with E-state index in [1.165, 1.54) is 18.4 Å². The standard InChI is InChI=1S/C16H23NO2/c1-2-19-16(18)11-9-14-8-10-15(14)17-12-13-6-4-3-5-7-13/h3-7,14-15,17H,2,8-12H2,1H3. The summed E-state index contributed by atoms with van der Waals surface area (Å²) in [5.74, 6) is 0.573. The number of ether oxygens (including phenoxy) is 1. The first-order valence-electron chi connectivity index (χ1n) is 7.22. The van der Waals surface area contributed by atoms with Gasteiger partial charge in [-0.2, -0.15) is 0 Å². The van der Waals surface area contributed by atoms with E-state index in [2.05, 4.69) is 29.6 Å². The Labute approximate surface area is 115 Å². The van der Waals surface area contributed by atoms with E-state index in [4.69, 9.17) is 4.74 Å². The second-order valence-corrected chi connectivity index (χ2v) is 5.15. The van der Waals surface area contributed by atoms with E-state index in [1.807, 2.05) is 13.0 Å². The van der Waals surface area contributed by atoms with Crippen LogP contribution >= 0.6 is 0 Å². The maximum Gasteiger partial charge on any atom is 0.305 e. The summed E-state index contributed by atoms with van der Waals surface area (Å²) in [5, 5.41) is 3.59. The van der Waals surface area contributed by atoms with Gasteiger partial charge in [0.2, 0.25) is 0 Å². The first kappa shape index (κ1) is 14.1. The molecule has 19 heavy (non-hydrogen) atoms. The molecule has 2 unspecified atom stereocenters. The average Bonchev–Trinajstić information content (AvgIpc) is 2.39. The van der Waals surface area contributed by atoms with Crippen molar-refractivity contribution in [3.63, 3.8) is 0 Å². The number of nitrogens with one attached hydrogen (secondary N) is 1. The predicted octanol–water partition coefficient (Wildman–Crippen LogP) is 2.90. The van der Waals surface area contributed by atoms with Gasteiger partial charge < -0.3 is 10.1 Å². The second kappa shape index (κ2) is 7.29. The van der Waals surface area contributed by atoms with E-state index in [0.29, 0.717) is 25.0 Å². The SMILES string of the molecule is CCOC(=O)CCC1CCC1NCc1ccccc1. The lowest BCUT2D eigenvalue weighted by Crippen LogP contribution is -2.43. The van der Waals surface area contributed by atoms with Crippen molar-refractivity contribution in [2.75, 3.05) is 6.61 Å². The van der Waals surface area contributed by atoms with Crippen LogP contribution in [0.5, 0.6) is 0 Å². The first-order valence-corrected chi connectivity index (χ1v) is 7.22. The molecule has 3 heteroatoms. The van der Waals surface area contributed by atoms with Crippen LogP contribution in [-0.4, -0.2) is 18.6 Å². The molecule has 3 nitrogen and oxygen atoms in total. The van der Waals surface area contributed by atoms with Crippen LogP contribution in [0, 0.1) is 5.92 Å². The zero-order valence-corrected chi connectivity index (χ0v) is 11.6. The minimum atomic E-state index is -0.0591. The molecule has 0 saturated heterocycles. The van der Waals surface area contributed by atoms with Gasteiger partial charge in [-0.05, 0) is 37.7 Å². The topological polar surface area (TPSA) is 38.3 Å². The van der Waals surface area contributed by atoms with Crippen LogP contribution < -0.4 is 5.32 Å². The van der Waals surface area contributed by atoms with Crippen molar-refractivity contribution in [2.24, 2.45) is 5.92 Å². The molecule has 1 aliphatic carbocycles. The zero-order valence-electron chi connectivity index (χ0n) is 11.6. The first-order chi connectivity index (χ1) is 9.29. The Morgan fingerprint density at radius 3 is 2.74 bits per heavy atom. The van der Waals surface area contributed by atoms with E-state index < -0.39 is 0 Å². The molecule has 0 bridgehead atoms. The largest absolute Gasteiger partial charge is 0.466 e. The lowest BCUT2D eigenvalue weighted by Gasteiger charge is -2.37. The van der Waals surface area contributed by atoms with Crippen molar-refractivity contribution >= 4 is 5.97 Å². The third-order valence-electron chi connectivity index (χ3n) is 3.85. The smallest absolute Gasteiger partial charge is 0.305 e. The van der Waals surface area contributed by atoms with Crippen molar-refractivity contribution in [3.05, 3.63) is 35.9 Å². The lowest BCUT2D eigenvalue weighted by molar-refractivity contribution is -0.143. The predicted molar refractivity (Wildman–Crippen MR) is 75.7 cm³/mol. The van der Waals surface area contributed by atoms with Crippen LogP contribution in [0.3, 0.4) is 0 Å². The van der Waals surface area contributed by atoms with Gasteiger partial charge in [0.05, 0.1) is 6.61 Å². The highest BCUT2D eigenvalue weighted by Gasteiger charge is 2.30. The molecule has 0 spiro atoms. The maximum absolute atomic E-state index is 11.3. The van der Waals surface area contributed by atoms with Gasteiger partial charge in [-0.1, -0.05) is 30.3 Å². The van der Waals surface area contributed by atoms with E-state index in [-0.39, 0.29) is 5.97 Å². The molecule has 1 aliphatic rings. The van der Waals surface area contributed by atoms with Gasteiger partial charge in [-0.15, -0.1) is 0 Å². The van der Waals surface area contributed by atoms with Crippen LogP contribution in [0.25, 0.3) is 0 Å². The molecule has 0 aliphatic heterocycles. The van der Waals surface area contributed by atoms with Crippen LogP contribution in [-0.2, 0) is 16.1 Å². The summed E-state index contributed by atoms with van der Waals surface area (Å²) in [6, 6.07) is 11.0. The highest BCUT2D eigenvalue weighted by atomic mass is 16.5. The Bertz CT molecular complexity index is 391. The molecule has 2 rings (SSSR count). The average molecular weight is 261 g/mol. The molecule has 1 aromatic carbocycles. The molecular formula is C16H23NO2. The number of benzene rings is 1. The van der Waals surface area contributed by atoms with E-state index in [9.17, 15) is 4.79 Å². The molecular weight excluding hydrogens is 238 g/mol. The number of hydrogen-bond acceptors (Lipinski definition) is 3. The highest BCUT2D eigenvalue weighted by Crippen LogP contribution is 2.31. The number of rotatable bonds is 7. The van der Waals surface area contributed by atoms with Crippen LogP contribution in [0.15, 0.2) is 30.3 Å². The molecule has 1 fully saturated rings. The third-order valence-corrected chi connectivity index (χ3v) is 3.85.